The zero-order chi connectivity index (χ0) is 27.1. The van der Waals surface area contributed by atoms with E-state index in [4.69, 9.17) is 15.2 Å². The first-order valence-corrected chi connectivity index (χ1v) is 11.4. The Morgan fingerprint density at radius 2 is 1.76 bits per heavy atom. The van der Waals surface area contributed by atoms with Crippen molar-refractivity contribution in [1.29, 1.82) is 0 Å². The van der Waals surface area contributed by atoms with Gasteiger partial charge >= 0.3 is 12.3 Å². The first-order valence-electron chi connectivity index (χ1n) is 11.4. The van der Waals surface area contributed by atoms with E-state index < -0.39 is 42.7 Å². The number of benzene rings is 1. The normalized spacial score (nSPS) is 12.5. The van der Waals surface area contributed by atoms with Crippen molar-refractivity contribution in [2.45, 2.75) is 58.7 Å². The van der Waals surface area contributed by atoms with E-state index in [1.807, 2.05) is 30.3 Å². The van der Waals surface area contributed by atoms with E-state index in [1.165, 1.54) is 0 Å². The number of nitrogens with two attached hydrogens (primary N) is 1. The molecule has 4 N–H and O–H groups in total. The summed E-state index contributed by atoms with van der Waals surface area (Å²) < 4.78 is 49.2. The van der Waals surface area contributed by atoms with Gasteiger partial charge in [0.2, 0.25) is 5.91 Å². The molecule has 0 radical (unpaired) electrons. The van der Waals surface area contributed by atoms with Gasteiger partial charge in [0.1, 0.15) is 12.6 Å². The van der Waals surface area contributed by atoms with Crippen LogP contribution in [-0.2, 0) is 27.5 Å². The van der Waals surface area contributed by atoms with Crippen LogP contribution in [0.3, 0.4) is 0 Å². The number of amides is 2. The van der Waals surface area contributed by atoms with E-state index in [1.54, 1.807) is 36.6 Å². The van der Waals surface area contributed by atoms with Gasteiger partial charge in [0.15, 0.2) is 11.5 Å². The number of hydrogen-bond acceptors (Lipinski definition) is 7. The number of nitrogens with one attached hydrogen (secondary N) is 2. The number of carbonyl (C=O) groups excluding carboxylic acids is 2. The van der Waals surface area contributed by atoms with Crippen molar-refractivity contribution in [3.05, 3.63) is 65.6 Å². The summed E-state index contributed by atoms with van der Waals surface area (Å²) >= 11 is 0. The minimum absolute atomic E-state index is 0. The Balaban J connectivity index is 0.00000507. The highest BCUT2D eigenvalue weighted by molar-refractivity contribution is 5.85. The molecule has 0 unspecified atom stereocenters. The molecule has 10 nitrogen and oxygen atoms in total. The van der Waals surface area contributed by atoms with Gasteiger partial charge in [-0.3, -0.25) is 9.20 Å². The lowest BCUT2D eigenvalue weighted by molar-refractivity contribution is -0.133. The van der Waals surface area contributed by atoms with Crippen LogP contribution >= 0.6 is 0 Å². The van der Waals surface area contributed by atoms with Gasteiger partial charge in [0.05, 0.1) is 25.2 Å². The largest absolute Gasteiger partial charge is 0.445 e. The lowest BCUT2D eigenvalue weighted by Crippen LogP contribution is -2.50. The molecule has 2 aromatic heterocycles. The van der Waals surface area contributed by atoms with E-state index >= 15 is 0 Å². The summed E-state index contributed by atoms with van der Waals surface area (Å²) in [5.41, 5.74) is 6.73. The van der Waals surface area contributed by atoms with Crippen LogP contribution in [0.25, 0.3) is 5.65 Å². The number of halogens is 3. The molecule has 2 heterocycles. The smallest absolute Gasteiger partial charge is 0.407 e. The fourth-order valence-corrected chi connectivity index (χ4v) is 3.18. The lowest BCUT2D eigenvalue weighted by Gasteiger charge is -2.23. The topological polar surface area (TPSA) is 133 Å². The second-order valence-corrected chi connectivity index (χ2v) is 8.94. The van der Waals surface area contributed by atoms with Crippen molar-refractivity contribution in [3.8, 4) is 0 Å². The highest BCUT2D eigenvalue weighted by Crippen LogP contribution is 2.19. The number of pyridine rings is 1. The van der Waals surface area contributed by atoms with Gasteiger partial charge in [-0.2, -0.15) is 13.2 Å². The minimum Gasteiger partial charge on any atom is -0.445 e. The maximum Gasteiger partial charge on any atom is 0.407 e. The third-order valence-electron chi connectivity index (χ3n) is 5.14. The van der Waals surface area contributed by atoms with Crippen molar-refractivity contribution in [2.75, 3.05) is 13.2 Å². The number of alkyl halides is 3. The van der Waals surface area contributed by atoms with Crippen molar-refractivity contribution >= 4 is 17.6 Å². The number of nitrogens with zero attached hydrogens (tertiary/aromatic N) is 3. The molecule has 0 aliphatic heterocycles. The summed E-state index contributed by atoms with van der Waals surface area (Å²) in [5, 5.41) is 13.2. The molecule has 1 atom stereocenters. The SMILES string of the molecule is C.CC(C)(N)C(=O)N[C@H](COCc1ccccc1)c1nnc2ccc(COC(=O)NCCC(F)(F)F)cn12. The summed E-state index contributed by atoms with van der Waals surface area (Å²) in [6.45, 7) is 2.72. The highest BCUT2D eigenvalue weighted by Gasteiger charge is 2.28. The predicted octanol–water partition coefficient (Wildman–Crippen LogP) is 3.66. The van der Waals surface area contributed by atoms with Gasteiger partial charge in [-0.05, 0) is 25.5 Å². The second-order valence-electron chi connectivity index (χ2n) is 8.94. The van der Waals surface area contributed by atoms with Crippen LogP contribution in [0.4, 0.5) is 18.0 Å². The molecule has 208 valence electrons. The summed E-state index contributed by atoms with van der Waals surface area (Å²) in [6, 6.07) is 12.1. The van der Waals surface area contributed by atoms with Crippen LogP contribution in [0.2, 0.25) is 0 Å². The van der Waals surface area contributed by atoms with Crippen molar-refractivity contribution < 1.29 is 32.2 Å². The predicted molar refractivity (Wildman–Crippen MR) is 134 cm³/mol. The molecular weight excluding hydrogens is 505 g/mol. The van der Waals surface area contributed by atoms with Crippen LogP contribution in [0, 0.1) is 0 Å². The standard InChI is InChI=1S/C24H29F3N6O4.CH4/c1-23(2,28)21(34)30-18(15-36-13-16-6-4-3-5-7-16)20-32-31-19-9-8-17(12-33(19)20)14-37-22(35)29-11-10-24(25,26)27;/h3-9,12,18H,10-11,13-15,28H2,1-2H3,(H,29,35)(H,30,34);1H4/t18-;/m1./s1. The number of rotatable bonds is 11. The fourth-order valence-electron chi connectivity index (χ4n) is 3.18. The van der Waals surface area contributed by atoms with Crippen LogP contribution in [-0.4, -0.2) is 51.5 Å². The van der Waals surface area contributed by atoms with E-state index in [9.17, 15) is 22.8 Å². The second kappa shape index (κ2) is 13.2. The maximum atomic E-state index is 12.6. The first-order chi connectivity index (χ1) is 17.4. The lowest BCUT2D eigenvalue weighted by atomic mass is 10.1. The van der Waals surface area contributed by atoms with Crippen molar-refractivity contribution in [2.24, 2.45) is 5.73 Å². The molecule has 0 saturated carbocycles. The summed E-state index contributed by atoms with van der Waals surface area (Å²) in [6.07, 6.45) is -4.90. The van der Waals surface area contributed by atoms with E-state index in [0.29, 0.717) is 23.6 Å². The molecule has 0 aliphatic rings. The van der Waals surface area contributed by atoms with Crippen molar-refractivity contribution in [1.82, 2.24) is 25.2 Å². The fraction of sp³-hybridized carbons (Fsp3) is 0.440. The molecule has 0 spiro atoms. The minimum atomic E-state index is -4.38. The molecule has 3 rings (SSSR count). The van der Waals surface area contributed by atoms with Gasteiger partial charge in [0.25, 0.3) is 0 Å². The number of aromatic nitrogens is 3. The molecular formula is C25H33F3N6O4. The summed E-state index contributed by atoms with van der Waals surface area (Å²) in [4.78, 5) is 24.4. The zero-order valence-corrected chi connectivity index (χ0v) is 20.4. The number of alkyl carbamates (subject to hydrolysis) is 1. The van der Waals surface area contributed by atoms with Crippen molar-refractivity contribution in [3.63, 3.8) is 0 Å². The summed E-state index contributed by atoms with van der Waals surface area (Å²) in [5.74, 6) is -0.0651. The molecule has 0 bridgehead atoms. The Kier molecular flexibility index (Phi) is 10.6. The van der Waals surface area contributed by atoms with Crippen LogP contribution in [0.15, 0.2) is 48.7 Å². The average Bonchev–Trinajstić information content (AvgIpc) is 3.24. The van der Waals surface area contributed by atoms with Crippen LogP contribution in [0.1, 0.15) is 50.7 Å². The van der Waals surface area contributed by atoms with Crippen LogP contribution < -0.4 is 16.4 Å². The maximum absolute atomic E-state index is 12.6. The van der Waals surface area contributed by atoms with Gasteiger partial charge in [-0.1, -0.05) is 43.8 Å². The van der Waals surface area contributed by atoms with Gasteiger partial charge in [0, 0.05) is 18.3 Å². The molecule has 0 aliphatic carbocycles. The van der Waals surface area contributed by atoms with E-state index in [0.717, 1.165) is 5.56 Å². The molecule has 13 heteroatoms. The third kappa shape index (κ3) is 9.30. The molecule has 0 fully saturated rings. The van der Waals surface area contributed by atoms with Gasteiger partial charge in [-0.15, -0.1) is 10.2 Å². The monoisotopic (exact) mass is 538 g/mol. The number of fused-ring (bicyclic) bond motifs is 1. The molecule has 2 amide bonds. The highest BCUT2D eigenvalue weighted by atomic mass is 19.4. The number of hydrogen-bond donors (Lipinski definition) is 3. The molecule has 0 saturated heterocycles. The third-order valence-corrected chi connectivity index (χ3v) is 5.14. The Morgan fingerprint density at radius 1 is 1.05 bits per heavy atom. The van der Waals surface area contributed by atoms with Gasteiger partial charge in [-0.25, -0.2) is 4.79 Å². The number of ether oxygens (including phenoxy) is 2. The first kappa shape index (κ1) is 30.5. The molecule has 1 aromatic carbocycles. The Morgan fingerprint density at radius 3 is 2.42 bits per heavy atom. The Labute approximate surface area is 218 Å². The van der Waals surface area contributed by atoms with E-state index in [2.05, 4.69) is 20.8 Å². The Hall–Kier alpha value is -3.71. The summed E-state index contributed by atoms with van der Waals surface area (Å²) in [7, 11) is 0. The van der Waals surface area contributed by atoms with Gasteiger partial charge < -0.3 is 25.8 Å². The average molecular weight is 539 g/mol. The molecule has 38 heavy (non-hydrogen) atoms. The molecule has 3 aromatic rings. The number of carbonyl (C=O) groups is 2. The quantitative estimate of drug-likeness (QED) is 0.339. The Bertz CT molecular complexity index is 1200. The zero-order valence-electron chi connectivity index (χ0n) is 20.4. The van der Waals surface area contributed by atoms with Crippen LogP contribution in [0.5, 0.6) is 0 Å². The van der Waals surface area contributed by atoms with E-state index in [-0.39, 0.29) is 20.6 Å².